The van der Waals surface area contributed by atoms with Crippen LogP contribution in [0.15, 0.2) is 48.5 Å². The molecule has 2 aromatic carbocycles. The molecule has 2 fully saturated rings. The van der Waals surface area contributed by atoms with Crippen molar-refractivity contribution in [2.24, 2.45) is 5.41 Å². The van der Waals surface area contributed by atoms with Crippen LogP contribution in [0.2, 0.25) is 0 Å². The van der Waals surface area contributed by atoms with E-state index in [9.17, 15) is 23.1 Å². The average Bonchev–Trinajstić information content (AvgIpc) is 3.35. The minimum Gasteiger partial charge on any atom is -0.497 e. The number of halogens is 3. The Bertz CT molecular complexity index is 1410. The van der Waals surface area contributed by atoms with Crippen molar-refractivity contribution in [3.05, 3.63) is 59.7 Å². The average molecular weight is 572 g/mol. The number of nitrogens with zero attached hydrogens (tertiary/aromatic N) is 3. The molecule has 2 atom stereocenters. The van der Waals surface area contributed by atoms with Gasteiger partial charge < -0.3 is 30.5 Å². The number of carbonyl (C=O) groups is 1. The number of hydrogen-bond donors (Lipinski definition) is 3. The highest BCUT2D eigenvalue weighted by molar-refractivity contribution is 5.74. The van der Waals surface area contributed by atoms with Gasteiger partial charge in [0.25, 0.3) is 0 Å². The van der Waals surface area contributed by atoms with Crippen LogP contribution in [-0.2, 0) is 4.79 Å². The minimum atomic E-state index is -4.72. The van der Waals surface area contributed by atoms with E-state index in [1.165, 1.54) is 18.2 Å². The molecule has 1 unspecified atom stereocenters. The fraction of sp³-hybridized carbons (Fsp3) is 0.414. The Morgan fingerprint density at radius 3 is 2.44 bits per heavy atom. The van der Waals surface area contributed by atoms with Gasteiger partial charge >= 0.3 is 12.1 Å². The Balaban J connectivity index is 1.33. The quantitative estimate of drug-likeness (QED) is 0.368. The summed E-state index contributed by atoms with van der Waals surface area (Å²) in [7, 11) is 1.56. The number of ether oxygens (including phenoxy) is 2. The Morgan fingerprint density at radius 1 is 1.12 bits per heavy atom. The van der Waals surface area contributed by atoms with Crippen molar-refractivity contribution in [1.82, 2.24) is 15.3 Å². The van der Waals surface area contributed by atoms with Gasteiger partial charge in [0, 0.05) is 31.3 Å². The topological polar surface area (TPSA) is 123 Å². The summed E-state index contributed by atoms with van der Waals surface area (Å²) in [5.74, 6) is -0.315. The number of alkyl halides is 3. The first-order chi connectivity index (χ1) is 19.4. The molecule has 0 bridgehead atoms. The molecule has 1 aromatic heterocycles. The monoisotopic (exact) mass is 571 g/mol. The van der Waals surface area contributed by atoms with Crippen LogP contribution in [0.4, 0.5) is 24.9 Å². The van der Waals surface area contributed by atoms with Gasteiger partial charge in [0.1, 0.15) is 17.6 Å². The maximum Gasteiger partial charge on any atom is 0.429 e. The lowest BCUT2D eigenvalue weighted by molar-refractivity contribution is -0.198. The van der Waals surface area contributed by atoms with E-state index in [1.54, 1.807) is 19.2 Å². The van der Waals surface area contributed by atoms with E-state index in [1.807, 2.05) is 30.0 Å². The summed E-state index contributed by atoms with van der Waals surface area (Å²) in [6, 6.07) is 12.4. The van der Waals surface area contributed by atoms with Gasteiger partial charge in [0.2, 0.25) is 17.9 Å². The molecular formula is C29H32F3N5O4. The first kappa shape index (κ1) is 28.5. The molecule has 12 heteroatoms. The SMILES string of the molecule is COc1cc(C)cc(-c2ccc(C(Oc3cc(N4CCC5(CC4)CN[C@H](C(=O)O)C5)nc(N)n3)C(F)(F)F)cc2)c1. The number of rotatable bonds is 7. The van der Waals surface area contributed by atoms with E-state index in [4.69, 9.17) is 15.2 Å². The summed E-state index contributed by atoms with van der Waals surface area (Å²) >= 11 is 0. The van der Waals surface area contributed by atoms with E-state index in [0.29, 0.717) is 50.5 Å². The number of aliphatic carboxylic acids is 1. The Hall–Kier alpha value is -4.06. The summed E-state index contributed by atoms with van der Waals surface area (Å²) in [5, 5.41) is 12.4. The number of methoxy groups -OCH3 is 1. The van der Waals surface area contributed by atoms with Crippen molar-refractivity contribution < 1.29 is 32.5 Å². The molecular weight excluding hydrogens is 539 g/mol. The van der Waals surface area contributed by atoms with Gasteiger partial charge in [-0.2, -0.15) is 23.1 Å². The van der Waals surface area contributed by atoms with Crippen LogP contribution in [0.1, 0.15) is 36.5 Å². The second kappa shape index (κ2) is 11.1. The molecule has 41 heavy (non-hydrogen) atoms. The molecule has 0 radical (unpaired) electrons. The lowest BCUT2D eigenvalue weighted by atomic mass is 9.76. The lowest BCUT2D eigenvalue weighted by Crippen LogP contribution is -2.41. The molecule has 0 amide bonds. The number of nitrogen functional groups attached to an aromatic ring is 1. The summed E-state index contributed by atoms with van der Waals surface area (Å²) < 4.78 is 53.4. The number of carboxylic acid groups (broad SMARTS) is 1. The van der Waals surface area contributed by atoms with Crippen LogP contribution in [0, 0.1) is 12.3 Å². The molecule has 9 nitrogen and oxygen atoms in total. The van der Waals surface area contributed by atoms with Gasteiger partial charge in [0.15, 0.2) is 0 Å². The molecule has 0 saturated carbocycles. The second-order valence-electron chi connectivity index (χ2n) is 10.8. The second-order valence-corrected chi connectivity index (χ2v) is 10.8. The number of anilines is 2. The van der Waals surface area contributed by atoms with E-state index < -0.39 is 24.3 Å². The zero-order valence-electron chi connectivity index (χ0n) is 22.7. The maximum atomic E-state index is 14.2. The fourth-order valence-corrected chi connectivity index (χ4v) is 5.66. The van der Waals surface area contributed by atoms with Crippen LogP contribution in [0.3, 0.4) is 0 Å². The Morgan fingerprint density at radius 2 is 1.83 bits per heavy atom. The van der Waals surface area contributed by atoms with E-state index in [0.717, 1.165) is 16.7 Å². The number of nitrogens with one attached hydrogen (secondary N) is 1. The number of hydrogen-bond acceptors (Lipinski definition) is 8. The van der Waals surface area contributed by atoms with Crippen LogP contribution >= 0.6 is 0 Å². The third-order valence-electron chi connectivity index (χ3n) is 7.88. The van der Waals surface area contributed by atoms with Crippen molar-refractivity contribution in [1.29, 1.82) is 0 Å². The standard InChI is InChI=1S/C29H32F3N5O4/c1-17-11-20(13-21(12-17)40-2)18-3-5-19(6-4-18)25(29(30,31)32)41-24-14-23(35-27(33)36-24)37-9-7-28(8-10-37)15-22(26(38)39)34-16-28/h3-6,11-14,22,25,34H,7-10,15-16H2,1-2H3,(H,38,39)(H2,33,35,36)/t22-,25?/m0/s1. The van der Waals surface area contributed by atoms with E-state index in [2.05, 4.69) is 15.3 Å². The van der Waals surface area contributed by atoms with Crippen LogP contribution in [-0.4, -0.2) is 60.0 Å². The zero-order chi connectivity index (χ0) is 29.4. The third kappa shape index (κ3) is 6.32. The number of benzene rings is 2. The summed E-state index contributed by atoms with van der Waals surface area (Å²) in [4.78, 5) is 21.4. The molecule has 0 aliphatic carbocycles. The lowest BCUT2D eigenvalue weighted by Gasteiger charge is -2.39. The first-order valence-corrected chi connectivity index (χ1v) is 13.3. The van der Waals surface area contributed by atoms with Gasteiger partial charge in [0.05, 0.1) is 7.11 Å². The highest BCUT2D eigenvalue weighted by atomic mass is 19.4. The van der Waals surface area contributed by atoms with Gasteiger partial charge in [-0.15, -0.1) is 0 Å². The molecule has 2 aliphatic rings. The highest BCUT2D eigenvalue weighted by Gasteiger charge is 2.45. The van der Waals surface area contributed by atoms with E-state index in [-0.39, 0.29) is 22.8 Å². The number of piperidine rings is 1. The molecule has 3 aromatic rings. The first-order valence-electron chi connectivity index (χ1n) is 13.3. The minimum absolute atomic E-state index is 0.0822. The largest absolute Gasteiger partial charge is 0.497 e. The van der Waals surface area contributed by atoms with Crippen molar-refractivity contribution >= 4 is 17.7 Å². The molecule has 2 aliphatic heterocycles. The van der Waals surface area contributed by atoms with Gasteiger partial charge in [-0.3, -0.25) is 4.79 Å². The van der Waals surface area contributed by atoms with E-state index >= 15 is 0 Å². The highest BCUT2D eigenvalue weighted by Crippen LogP contribution is 2.41. The summed E-state index contributed by atoms with van der Waals surface area (Å²) in [6.07, 6.45) is -5.02. The zero-order valence-corrected chi connectivity index (χ0v) is 22.7. The van der Waals surface area contributed by atoms with Crippen molar-refractivity contribution in [2.45, 2.75) is 44.5 Å². The molecule has 2 saturated heterocycles. The van der Waals surface area contributed by atoms with Gasteiger partial charge in [-0.1, -0.05) is 30.3 Å². The molecule has 3 heterocycles. The number of nitrogens with two attached hydrogens (primary N) is 1. The number of aryl methyl sites for hydroxylation is 1. The maximum absolute atomic E-state index is 14.2. The number of carboxylic acids is 1. The number of aromatic nitrogens is 2. The van der Waals surface area contributed by atoms with Crippen molar-refractivity contribution in [2.75, 3.05) is 37.4 Å². The van der Waals surface area contributed by atoms with Gasteiger partial charge in [-0.25, -0.2) is 0 Å². The van der Waals surface area contributed by atoms with Crippen LogP contribution in [0.5, 0.6) is 11.6 Å². The summed E-state index contributed by atoms with van der Waals surface area (Å²) in [5.41, 5.74) is 8.19. The predicted octanol–water partition coefficient (Wildman–Crippen LogP) is 4.76. The molecule has 1 spiro atoms. The van der Waals surface area contributed by atoms with Gasteiger partial charge in [-0.05, 0) is 60.4 Å². The van der Waals surface area contributed by atoms with Crippen molar-refractivity contribution in [3.63, 3.8) is 0 Å². The Labute approximate surface area is 235 Å². The normalized spacial score (nSPS) is 19.2. The smallest absolute Gasteiger partial charge is 0.429 e. The summed E-state index contributed by atoms with van der Waals surface area (Å²) in [6.45, 7) is 3.63. The third-order valence-corrected chi connectivity index (χ3v) is 7.88. The predicted molar refractivity (Wildman–Crippen MR) is 147 cm³/mol. The molecule has 218 valence electrons. The fourth-order valence-electron chi connectivity index (χ4n) is 5.66. The van der Waals surface area contributed by atoms with Crippen molar-refractivity contribution in [3.8, 4) is 22.8 Å². The Kier molecular flexibility index (Phi) is 7.69. The van der Waals surface area contributed by atoms with Crippen LogP contribution < -0.4 is 25.4 Å². The molecule has 4 N–H and O–H groups in total. The van der Waals surface area contributed by atoms with Crippen LogP contribution in [0.25, 0.3) is 11.1 Å². The molecule has 5 rings (SSSR count).